The third-order valence-corrected chi connectivity index (χ3v) is 4.95. The number of hydrogen-bond acceptors (Lipinski definition) is 6. The van der Waals surface area contributed by atoms with Gasteiger partial charge in [0, 0.05) is 12.1 Å². The van der Waals surface area contributed by atoms with Gasteiger partial charge in [-0.05, 0) is 24.6 Å². The zero-order valence-electron chi connectivity index (χ0n) is 13.2. The molecule has 0 radical (unpaired) electrons. The summed E-state index contributed by atoms with van der Waals surface area (Å²) in [6, 6.07) is 6.38. The van der Waals surface area contributed by atoms with Crippen LogP contribution >= 0.6 is 35.6 Å². The van der Waals surface area contributed by atoms with Crippen LogP contribution in [-0.2, 0) is 19.1 Å². The van der Waals surface area contributed by atoms with Gasteiger partial charge >= 0.3 is 5.97 Å². The van der Waals surface area contributed by atoms with E-state index in [2.05, 4.69) is 0 Å². The zero-order chi connectivity index (χ0) is 17.7. The summed E-state index contributed by atoms with van der Waals surface area (Å²) in [5.41, 5.74) is 0.718. The SMILES string of the molecule is COCCOC(=O)C(C)N1C(=O)/C(=C/c2ccccc2Cl)SC1=S. The number of ether oxygens (including phenoxy) is 2. The molecule has 8 heteroatoms. The number of carbonyl (C=O) groups excluding carboxylic acids is 2. The van der Waals surface area contributed by atoms with Crippen LogP contribution in [-0.4, -0.2) is 47.5 Å². The molecule has 0 bridgehead atoms. The van der Waals surface area contributed by atoms with Gasteiger partial charge < -0.3 is 9.47 Å². The minimum Gasteiger partial charge on any atom is -0.462 e. The third-order valence-electron chi connectivity index (χ3n) is 3.28. The molecule has 1 aromatic carbocycles. The normalized spacial score (nSPS) is 17.5. The first-order valence-corrected chi connectivity index (χ1v) is 8.73. The molecule has 1 aliphatic rings. The predicted octanol–water partition coefficient (Wildman–Crippen LogP) is 3.12. The molecule has 1 amide bonds. The van der Waals surface area contributed by atoms with Gasteiger partial charge in [-0.3, -0.25) is 9.69 Å². The smallest absolute Gasteiger partial charge is 0.329 e. The van der Waals surface area contributed by atoms with Gasteiger partial charge in [0.05, 0.1) is 11.5 Å². The molecule has 1 unspecified atom stereocenters. The second kappa shape index (κ2) is 8.62. The Kier molecular flexibility index (Phi) is 6.79. The Bertz CT molecular complexity index is 692. The molecule has 1 atom stereocenters. The molecule has 2 rings (SSSR count). The highest BCUT2D eigenvalue weighted by molar-refractivity contribution is 8.26. The fraction of sp³-hybridized carbons (Fsp3) is 0.312. The summed E-state index contributed by atoms with van der Waals surface area (Å²) >= 11 is 12.5. The second-order valence-corrected chi connectivity index (χ2v) is 6.99. The number of benzene rings is 1. The van der Waals surface area contributed by atoms with Gasteiger partial charge in [0.1, 0.15) is 17.0 Å². The van der Waals surface area contributed by atoms with E-state index in [-0.39, 0.29) is 12.5 Å². The predicted molar refractivity (Wildman–Crippen MR) is 98.8 cm³/mol. The number of esters is 1. The fourth-order valence-electron chi connectivity index (χ4n) is 2.00. The highest BCUT2D eigenvalue weighted by Gasteiger charge is 2.38. The van der Waals surface area contributed by atoms with E-state index in [1.807, 2.05) is 12.1 Å². The van der Waals surface area contributed by atoms with Crippen molar-refractivity contribution in [2.75, 3.05) is 20.3 Å². The largest absolute Gasteiger partial charge is 0.462 e. The molecule has 0 spiro atoms. The summed E-state index contributed by atoms with van der Waals surface area (Å²) in [6.45, 7) is 2.01. The van der Waals surface area contributed by atoms with E-state index in [4.69, 9.17) is 33.3 Å². The van der Waals surface area contributed by atoms with Gasteiger partial charge in [-0.1, -0.05) is 53.8 Å². The molecule has 5 nitrogen and oxygen atoms in total. The molecule has 0 aromatic heterocycles. The first-order chi connectivity index (χ1) is 11.5. The maximum absolute atomic E-state index is 12.6. The van der Waals surface area contributed by atoms with Crippen LogP contribution in [0.25, 0.3) is 6.08 Å². The monoisotopic (exact) mass is 385 g/mol. The first kappa shape index (κ1) is 18.9. The van der Waals surface area contributed by atoms with Crippen LogP contribution < -0.4 is 0 Å². The van der Waals surface area contributed by atoms with E-state index in [0.29, 0.717) is 20.9 Å². The highest BCUT2D eigenvalue weighted by Crippen LogP contribution is 2.35. The van der Waals surface area contributed by atoms with Crippen molar-refractivity contribution < 1.29 is 19.1 Å². The summed E-state index contributed by atoms with van der Waals surface area (Å²) in [5, 5.41) is 0.537. The number of hydrogen-bond donors (Lipinski definition) is 0. The van der Waals surface area contributed by atoms with Crippen LogP contribution in [0, 0.1) is 0 Å². The molecular weight excluding hydrogens is 370 g/mol. The Morgan fingerprint density at radius 3 is 2.79 bits per heavy atom. The molecule has 0 aliphatic carbocycles. The average Bonchev–Trinajstić information content (AvgIpc) is 2.83. The summed E-state index contributed by atoms with van der Waals surface area (Å²) < 4.78 is 10.2. The number of thioether (sulfide) groups is 1. The Balaban J connectivity index is 2.14. The Hall–Kier alpha value is -1.41. The van der Waals surface area contributed by atoms with Crippen molar-refractivity contribution in [2.45, 2.75) is 13.0 Å². The third kappa shape index (κ3) is 4.36. The van der Waals surface area contributed by atoms with E-state index in [0.717, 1.165) is 17.3 Å². The van der Waals surface area contributed by atoms with E-state index in [1.54, 1.807) is 25.1 Å². The van der Waals surface area contributed by atoms with Crippen LogP contribution in [0.1, 0.15) is 12.5 Å². The number of halogens is 1. The van der Waals surface area contributed by atoms with Crippen molar-refractivity contribution in [1.29, 1.82) is 0 Å². The minimum absolute atomic E-state index is 0.129. The van der Waals surface area contributed by atoms with Crippen molar-refractivity contribution in [1.82, 2.24) is 4.90 Å². The summed E-state index contributed by atoms with van der Waals surface area (Å²) in [5.74, 6) is -0.858. The van der Waals surface area contributed by atoms with Gasteiger partial charge in [0.2, 0.25) is 0 Å². The van der Waals surface area contributed by atoms with Crippen molar-refractivity contribution in [3.8, 4) is 0 Å². The standard InChI is InChI=1S/C16H16ClNO4S2/c1-10(15(20)22-8-7-21-2)18-14(19)13(24-16(18)23)9-11-5-3-4-6-12(11)17/h3-6,9-10H,7-8H2,1-2H3/b13-9-. The molecule has 1 aliphatic heterocycles. The maximum atomic E-state index is 12.6. The number of thiocarbonyl (C=S) groups is 1. The van der Waals surface area contributed by atoms with E-state index in [9.17, 15) is 9.59 Å². The van der Waals surface area contributed by atoms with E-state index < -0.39 is 12.0 Å². The van der Waals surface area contributed by atoms with Crippen molar-refractivity contribution >= 4 is 57.9 Å². The molecule has 1 saturated heterocycles. The summed E-state index contributed by atoms with van der Waals surface area (Å²) in [6.07, 6.45) is 1.67. The number of methoxy groups -OCH3 is 1. The topological polar surface area (TPSA) is 55.8 Å². The lowest BCUT2D eigenvalue weighted by atomic mass is 10.2. The Morgan fingerprint density at radius 2 is 2.12 bits per heavy atom. The number of carbonyl (C=O) groups is 2. The number of amides is 1. The second-order valence-electron chi connectivity index (χ2n) is 4.91. The van der Waals surface area contributed by atoms with Gasteiger partial charge in [0.15, 0.2) is 0 Å². The number of rotatable bonds is 6. The summed E-state index contributed by atoms with van der Waals surface area (Å²) in [7, 11) is 1.51. The minimum atomic E-state index is -0.800. The Labute approximate surface area is 154 Å². The molecule has 24 heavy (non-hydrogen) atoms. The van der Waals surface area contributed by atoms with Crippen LogP contribution in [0.15, 0.2) is 29.2 Å². The van der Waals surface area contributed by atoms with Crippen molar-refractivity contribution in [3.63, 3.8) is 0 Å². The zero-order valence-corrected chi connectivity index (χ0v) is 15.5. The van der Waals surface area contributed by atoms with Crippen LogP contribution in [0.4, 0.5) is 0 Å². The average molecular weight is 386 g/mol. The molecule has 1 aromatic rings. The lowest BCUT2D eigenvalue weighted by Gasteiger charge is -2.21. The van der Waals surface area contributed by atoms with E-state index >= 15 is 0 Å². The molecule has 0 saturated carbocycles. The number of nitrogens with zero attached hydrogens (tertiary/aromatic N) is 1. The molecule has 1 fully saturated rings. The van der Waals surface area contributed by atoms with Gasteiger partial charge in [-0.25, -0.2) is 4.79 Å². The van der Waals surface area contributed by atoms with Crippen LogP contribution in [0.5, 0.6) is 0 Å². The van der Waals surface area contributed by atoms with Crippen LogP contribution in [0.3, 0.4) is 0 Å². The molecule has 1 heterocycles. The van der Waals surface area contributed by atoms with Gasteiger partial charge in [0.25, 0.3) is 5.91 Å². The lowest BCUT2D eigenvalue weighted by molar-refractivity contribution is -0.151. The van der Waals surface area contributed by atoms with Gasteiger partial charge in [-0.2, -0.15) is 0 Å². The highest BCUT2D eigenvalue weighted by atomic mass is 35.5. The van der Waals surface area contributed by atoms with E-state index in [1.165, 1.54) is 12.0 Å². The van der Waals surface area contributed by atoms with Crippen molar-refractivity contribution in [3.05, 3.63) is 39.8 Å². The Morgan fingerprint density at radius 1 is 1.42 bits per heavy atom. The molecular formula is C16H16ClNO4S2. The molecule has 128 valence electrons. The van der Waals surface area contributed by atoms with Crippen LogP contribution in [0.2, 0.25) is 5.02 Å². The van der Waals surface area contributed by atoms with Crippen molar-refractivity contribution in [2.24, 2.45) is 0 Å². The fourth-order valence-corrected chi connectivity index (χ4v) is 3.60. The molecule has 0 N–H and O–H groups in total. The lowest BCUT2D eigenvalue weighted by Crippen LogP contribution is -2.42. The quantitative estimate of drug-likeness (QED) is 0.324. The maximum Gasteiger partial charge on any atom is 0.329 e. The van der Waals surface area contributed by atoms with Gasteiger partial charge in [-0.15, -0.1) is 0 Å². The summed E-state index contributed by atoms with van der Waals surface area (Å²) in [4.78, 5) is 26.3. The first-order valence-electron chi connectivity index (χ1n) is 7.13.